The van der Waals surface area contributed by atoms with Crippen molar-refractivity contribution < 1.29 is 4.79 Å². The maximum absolute atomic E-state index is 11.6. The minimum absolute atomic E-state index is 0.0838. The minimum Gasteiger partial charge on any atom is -0.350 e. The molecule has 1 unspecified atom stereocenters. The van der Waals surface area contributed by atoms with Gasteiger partial charge in [-0.05, 0) is 47.6 Å². The van der Waals surface area contributed by atoms with E-state index in [1.54, 1.807) is 0 Å². The highest BCUT2D eigenvalue weighted by Gasteiger charge is 2.24. The lowest BCUT2D eigenvalue weighted by atomic mass is 10.1. The summed E-state index contributed by atoms with van der Waals surface area (Å²) in [6.45, 7) is 13.1. The molecule has 0 aromatic carbocycles. The third-order valence-electron chi connectivity index (χ3n) is 3.02. The van der Waals surface area contributed by atoms with Crippen LogP contribution in [0.3, 0.4) is 0 Å². The number of hydrogen-bond donors (Lipinski definition) is 2. The normalized spacial score (nSPS) is 22.1. The molecule has 4 heteroatoms. The van der Waals surface area contributed by atoms with Gasteiger partial charge in [-0.1, -0.05) is 0 Å². The van der Waals surface area contributed by atoms with Crippen LogP contribution in [0.2, 0.25) is 0 Å². The van der Waals surface area contributed by atoms with Gasteiger partial charge in [0.1, 0.15) is 0 Å². The van der Waals surface area contributed by atoms with Crippen molar-refractivity contribution in [2.24, 2.45) is 0 Å². The zero-order chi connectivity index (χ0) is 13.1. The van der Waals surface area contributed by atoms with E-state index in [1.165, 1.54) is 0 Å². The summed E-state index contributed by atoms with van der Waals surface area (Å²) in [5, 5.41) is 6.30. The summed E-state index contributed by atoms with van der Waals surface area (Å²) in [6.07, 6.45) is 1.14. The fraction of sp³-hybridized carbons (Fsp3) is 0.923. The first-order chi connectivity index (χ1) is 7.78. The number of carbonyl (C=O) groups is 1. The van der Waals surface area contributed by atoms with Crippen molar-refractivity contribution in [2.45, 2.75) is 58.7 Å². The molecule has 4 nitrogen and oxygen atoms in total. The number of rotatable bonds is 4. The number of amides is 1. The number of nitrogens with one attached hydrogen (secondary N) is 2. The molecule has 1 atom stereocenters. The molecule has 0 spiro atoms. The van der Waals surface area contributed by atoms with E-state index in [9.17, 15) is 4.79 Å². The van der Waals surface area contributed by atoms with E-state index in [2.05, 4.69) is 29.4 Å². The van der Waals surface area contributed by atoms with Gasteiger partial charge in [0.15, 0.2) is 0 Å². The van der Waals surface area contributed by atoms with Crippen LogP contribution < -0.4 is 10.6 Å². The maximum atomic E-state index is 11.6. The van der Waals surface area contributed by atoms with Gasteiger partial charge < -0.3 is 10.6 Å². The standard InChI is InChI=1S/C13H27N3O/c1-10(2)16-7-6-11(9-16)14-8-12(17)15-13(3,4)5/h10-11,14H,6-9H2,1-5H3,(H,15,17). The summed E-state index contributed by atoms with van der Waals surface area (Å²) in [4.78, 5) is 14.1. The zero-order valence-electron chi connectivity index (χ0n) is 11.8. The highest BCUT2D eigenvalue weighted by molar-refractivity contribution is 5.78. The Morgan fingerprint density at radius 2 is 2.06 bits per heavy atom. The Hall–Kier alpha value is -0.610. The van der Waals surface area contributed by atoms with Crippen LogP contribution >= 0.6 is 0 Å². The van der Waals surface area contributed by atoms with Gasteiger partial charge in [0.05, 0.1) is 6.54 Å². The van der Waals surface area contributed by atoms with Crippen LogP contribution in [0.1, 0.15) is 41.0 Å². The van der Waals surface area contributed by atoms with E-state index in [4.69, 9.17) is 0 Å². The van der Waals surface area contributed by atoms with Crippen LogP contribution in [0.4, 0.5) is 0 Å². The molecule has 0 aromatic heterocycles. The molecular weight excluding hydrogens is 214 g/mol. The molecule has 1 aliphatic rings. The van der Waals surface area contributed by atoms with Gasteiger partial charge in [0.2, 0.25) is 5.91 Å². The smallest absolute Gasteiger partial charge is 0.234 e. The Morgan fingerprint density at radius 1 is 1.41 bits per heavy atom. The molecule has 1 fully saturated rings. The van der Waals surface area contributed by atoms with Crippen LogP contribution in [0.5, 0.6) is 0 Å². The second kappa shape index (κ2) is 5.83. The van der Waals surface area contributed by atoms with Gasteiger partial charge in [0.25, 0.3) is 0 Å². The molecule has 1 rings (SSSR count). The Labute approximate surface area is 105 Å². The number of nitrogens with zero attached hydrogens (tertiary/aromatic N) is 1. The van der Waals surface area contributed by atoms with Crippen molar-refractivity contribution in [3.63, 3.8) is 0 Å². The second-order valence-electron chi connectivity index (χ2n) is 6.25. The number of carbonyl (C=O) groups excluding carboxylic acids is 1. The van der Waals surface area contributed by atoms with Crippen molar-refractivity contribution >= 4 is 5.91 Å². The Balaban J connectivity index is 2.22. The quantitative estimate of drug-likeness (QED) is 0.771. The number of hydrogen-bond acceptors (Lipinski definition) is 3. The Bertz CT molecular complexity index is 258. The molecule has 0 radical (unpaired) electrons. The predicted octanol–water partition coefficient (Wildman–Crippen LogP) is 0.973. The SMILES string of the molecule is CC(C)N1CCC(NCC(=O)NC(C)(C)C)C1. The zero-order valence-corrected chi connectivity index (χ0v) is 11.8. The second-order valence-corrected chi connectivity index (χ2v) is 6.25. The molecule has 1 aliphatic heterocycles. The molecule has 1 heterocycles. The summed E-state index contributed by atoms with van der Waals surface area (Å²) in [5.41, 5.74) is -0.140. The lowest BCUT2D eigenvalue weighted by Crippen LogP contribution is -2.47. The van der Waals surface area contributed by atoms with Crippen LogP contribution in [0, 0.1) is 0 Å². The summed E-state index contributed by atoms with van der Waals surface area (Å²) in [7, 11) is 0. The summed E-state index contributed by atoms with van der Waals surface area (Å²) in [5.74, 6) is 0.0838. The summed E-state index contributed by atoms with van der Waals surface area (Å²) in [6, 6.07) is 1.06. The van der Waals surface area contributed by atoms with Gasteiger partial charge >= 0.3 is 0 Å². The third-order valence-corrected chi connectivity index (χ3v) is 3.02. The van der Waals surface area contributed by atoms with Crippen LogP contribution in [0.15, 0.2) is 0 Å². The molecule has 2 N–H and O–H groups in total. The van der Waals surface area contributed by atoms with E-state index in [0.29, 0.717) is 18.6 Å². The summed E-state index contributed by atoms with van der Waals surface area (Å²) < 4.78 is 0. The molecule has 0 aromatic rings. The van der Waals surface area contributed by atoms with E-state index in [-0.39, 0.29) is 11.4 Å². The molecule has 17 heavy (non-hydrogen) atoms. The van der Waals surface area contributed by atoms with Gasteiger partial charge in [-0.15, -0.1) is 0 Å². The highest BCUT2D eigenvalue weighted by atomic mass is 16.2. The van der Waals surface area contributed by atoms with E-state index in [1.807, 2.05) is 20.8 Å². The topological polar surface area (TPSA) is 44.4 Å². The highest BCUT2D eigenvalue weighted by Crippen LogP contribution is 2.11. The third kappa shape index (κ3) is 5.50. The maximum Gasteiger partial charge on any atom is 0.234 e. The average Bonchev–Trinajstić information content (AvgIpc) is 2.60. The predicted molar refractivity (Wildman–Crippen MR) is 71.0 cm³/mol. The lowest BCUT2D eigenvalue weighted by Gasteiger charge is -2.22. The first-order valence-corrected chi connectivity index (χ1v) is 6.56. The monoisotopic (exact) mass is 241 g/mol. The molecular formula is C13H27N3O. The van der Waals surface area contributed by atoms with Gasteiger partial charge in [-0.3, -0.25) is 9.69 Å². The van der Waals surface area contributed by atoms with Gasteiger partial charge in [-0.25, -0.2) is 0 Å². The van der Waals surface area contributed by atoms with Crippen LogP contribution in [0.25, 0.3) is 0 Å². The fourth-order valence-corrected chi connectivity index (χ4v) is 2.12. The number of likely N-dealkylation sites (tertiary alicyclic amines) is 1. The van der Waals surface area contributed by atoms with Crippen molar-refractivity contribution in [3.05, 3.63) is 0 Å². The molecule has 1 amide bonds. The van der Waals surface area contributed by atoms with Crippen molar-refractivity contribution in [2.75, 3.05) is 19.6 Å². The van der Waals surface area contributed by atoms with Crippen molar-refractivity contribution in [1.29, 1.82) is 0 Å². The van der Waals surface area contributed by atoms with E-state index < -0.39 is 0 Å². The lowest BCUT2D eigenvalue weighted by molar-refractivity contribution is -0.121. The first-order valence-electron chi connectivity index (χ1n) is 6.56. The van der Waals surface area contributed by atoms with Gasteiger partial charge in [-0.2, -0.15) is 0 Å². The molecule has 1 saturated heterocycles. The van der Waals surface area contributed by atoms with Crippen molar-refractivity contribution in [3.8, 4) is 0 Å². The van der Waals surface area contributed by atoms with Gasteiger partial charge in [0, 0.05) is 24.2 Å². The minimum atomic E-state index is -0.140. The summed E-state index contributed by atoms with van der Waals surface area (Å²) >= 11 is 0. The first kappa shape index (κ1) is 14.5. The fourth-order valence-electron chi connectivity index (χ4n) is 2.12. The van der Waals surface area contributed by atoms with Crippen molar-refractivity contribution in [1.82, 2.24) is 15.5 Å². The van der Waals surface area contributed by atoms with Crippen LogP contribution in [-0.2, 0) is 4.79 Å². The van der Waals surface area contributed by atoms with E-state index >= 15 is 0 Å². The molecule has 0 saturated carbocycles. The van der Waals surface area contributed by atoms with Crippen LogP contribution in [-0.4, -0.2) is 48.1 Å². The largest absolute Gasteiger partial charge is 0.350 e. The van der Waals surface area contributed by atoms with E-state index in [0.717, 1.165) is 19.5 Å². The average molecular weight is 241 g/mol. The molecule has 100 valence electrons. The Kier molecular flexibility index (Phi) is 4.95. The molecule has 0 aliphatic carbocycles. The molecule has 0 bridgehead atoms. The Morgan fingerprint density at radius 3 is 2.53 bits per heavy atom.